The third-order valence-corrected chi connectivity index (χ3v) is 8.13. The van der Waals surface area contributed by atoms with E-state index in [9.17, 15) is 18.8 Å². The number of nitrogens with zero attached hydrogens (tertiary/aromatic N) is 2. The fourth-order valence-electron chi connectivity index (χ4n) is 4.76. The van der Waals surface area contributed by atoms with E-state index in [1.807, 2.05) is 7.05 Å². The van der Waals surface area contributed by atoms with Crippen molar-refractivity contribution >= 4 is 34.9 Å². The van der Waals surface area contributed by atoms with Crippen molar-refractivity contribution < 1.29 is 37.3 Å². The molecular weight excluding hydrogens is 605 g/mol. The van der Waals surface area contributed by atoms with E-state index in [1.165, 1.54) is 31.0 Å². The second kappa shape index (κ2) is 13.4. The van der Waals surface area contributed by atoms with Crippen LogP contribution < -0.4 is 23.8 Å². The molecule has 12 heteroatoms. The van der Waals surface area contributed by atoms with Crippen molar-refractivity contribution in [1.29, 1.82) is 0 Å². The van der Waals surface area contributed by atoms with Crippen LogP contribution in [0.1, 0.15) is 53.3 Å². The monoisotopic (exact) mass is 636 g/mol. The van der Waals surface area contributed by atoms with Crippen LogP contribution in [-0.4, -0.2) is 39.9 Å². The molecule has 0 N–H and O–H groups in total. The number of benzene rings is 2. The minimum atomic E-state index is -3.05. The molecule has 0 aliphatic heterocycles. The summed E-state index contributed by atoms with van der Waals surface area (Å²) < 4.78 is 48.9. The third-order valence-electron chi connectivity index (χ3n) is 7.48. The first kappa shape index (κ1) is 30.9. The second-order valence-electron chi connectivity index (χ2n) is 10.9. The summed E-state index contributed by atoms with van der Waals surface area (Å²) in [7, 11) is 3.52. The molecule has 8 nitrogen and oxygen atoms in total. The maximum absolute atomic E-state index is 13.6. The van der Waals surface area contributed by atoms with Crippen molar-refractivity contribution in [1.82, 2.24) is 0 Å². The van der Waals surface area contributed by atoms with Crippen molar-refractivity contribution in [2.75, 3.05) is 32.2 Å². The van der Waals surface area contributed by atoms with Crippen LogP contribution in [0.4, 0.5) is 14.5 Å². The van der Waals surface area contributed by atoms with Crippen LogP contribution in [0.5, 0.6) is 17.2 Å². The summed E-state index contributed by atoms with van der Waals surface area (Å²) in [6.07, 6.45) is 5.63. The van der Waals surface area contributed by atoms with Crippen LogP contribution >= 0.6 is 23.2 Å². The summed E-state index contributed by atoms with van der Waals surface area (Å²) in [4.78, 5) is 15.7. The summed E-state index contributed by atoms with van der Waals surface area (Å²) in [6, 6.07) is 9.41. The Labute approximate surface area is 258 Å². The van der Waals surface area contributed by atoms with Crippen LogP contribution in [0.2, 0.25) is 10.0 Å². The second-order valence-corrected chi connectivity index (χ2v) is 11.8. The highest BCUT2D eigenvalue weighted by atomic mass is 35.5. The van der Waals surface area contributed by atoms with E-state index in [4.69, 9.17) is 37.4 Å². The number of alkyl halides is 2. The van der Waals surface area contributed by atoms with Crippen molar-refractivity contribution in [3.63, 3.8) is 0 Å². The number of methoxy groups -OCH3 is 1. The van der Waals surface area contributed by atoms with Gasteiger partial charge >= 0.3 is 12.6 Å². The highest BCUT2D eigenvalue weighted by Crippen LogP contribution is 2.39. The van der Waals surface area contributed by atoms with Crippen LogP contribution in [0.15, 0.2) is 48.8 Å². The predicted molar refractivity (Wildman–Crippen MR) is 158 cm³/mol. The first-order valence-corrected chi connectivity index (χ1v) is 14.7. The van der Waals surface area contributed by atoms with E-state index in [1.54, 1.807) is 25.3 Å². The molecule has 0 radical (unpaired) electrons. The normalized spacial score (nSPS) is 15.2. The van der Waals surface area contributed by atoms with Gasteiger partial charge in [-0.3, -0.25) is 0 Å². The first-order valence-electron chi connectivity index (χ1n) is 14.0. The molecule has 2 saturated carbocycles. The highest BCUT2D eigenvalue weighted by Gasteiger charge is 2.28. The van der Waals surface area contributed by atoms with Gasteiger partial charge < -0.3 is 29.1 Å². The largest absolute Gasteiger partial charge is 0.619 e. The Bertz CT molecular complexity index is 1450. The summed E-state index contributed by atoms with van der Waals surface area (Å²) in [5, 5.41) is 12.0. The maximum Gasteiger partial charge on any atom is 0.387 e. The molecule has 43 heavy (non-hydrogen) atoms. The number of halogens is 4. The number of hydrogen-bond donors (Lipinski definition) is 0. The number of aromatic nitrogens is 1. The SMILES string of the molecule is COc1ccc(C(=O)OC(Cc2c(Cl)c[n+]([O-])cc2Cl)c2ccc(OC(F)F)c(OCC3CC3)c2)cc1N(C)CC1CC1. The van der Waals surface area contributed by atoms with Crippen molar-refractivity contribution in [3.05, 3.63) is 80.7 Å². The zero-order valence-corrected chi connectivity index (χ0v) is 25.2. The summed E-state index contributed by atoms with van der Waals surface area (Å²) >= 11 is 12.7. The van der Waals surface area contributed by atoms with Gasteiger partial charge in [-0.05, 0) is 73.4 Å². The minimum absolute atomic E-state index is 0.00798. The van der Waals surface area contributed by atoms with Gasteiger partial charge in [0.25, 0.3) is 0 Å². The van der Waals surface area contributed by atoms with Gasteiger partial charge in [0.2, 0.25) is 0 Å². The van der Waals surface area contributed by atoms with Crippen molar-refractivity contribution in [2.24, 2.45) is 11.8 Å². The standard InChI is InChI=1S/C31H32Cl2F2N2O6/c1-36(14-18-3-4-18)25-11-21(8-9-26(25)40-2)30(38)42-28(13-22-23(32)15-37(39)16-24(22)33)20-7-10-27(43-31(34)35)29(12-20)41-17-19-5-6-19/h7-12,15-16,18-19,28,31H,3-6,13-14,17H2,1-2H3. The number of carbonyl (C=O) groups is 1. The minimum Gasteiger partial charge on any atom is -0.619 e. The number of carbonyl (C=O) groups excluding carboxylic acids is 1. The molecule has 2 fully saturated rings. The topological polar surface area (TPSA) is 84.2 Å². The molecule has 0 saturated heterocycles. The third kappa shape index (κ3) is 8.12. The van der Waals surface area contributed by atoms with E-state index in [2.05, 4.69) is 9.64 Å². The Morgan fingerprint density at radius 2 is 1.70 bits per heavy atom. The van der Waals surface area contributed by atoms with Crippen LogP contribution in [-0.2, 0) is 11.2 Å². The Morgan fingerprint density at radius 3 is 2.33 bits per heavy atom. The Morgan fingerprint density at radius 1 is 1.02 bits per heavy atom. The van der Waals surface area contributed by atoms with Gasteiger partial charge in [0.15, 0.2) is 23.9 Å². The highest BCUT2D eigenvalue weighted by molar-refractivity contribution is 6.35. The maximum atomic E-state index is 13.6. The van der Waals surface area contributed by atoms with Gasteiger partial charge in [0.05, 0.1) is 25.0 Å². The van der Waals surface area contributed by atoms with Crippen molar-refractivity contribution in [2.45, 2.75) is 44.8 Å². The zero-order chi connectivity index (χ0) is 30.7. The lowest BCUT2D eigenvalue weighted by atomic mass is 10.0. The molecule has 1 aromatic heterocycles. The fourth-order valence-corrected chi connectivity index (χ4v) is 5.36. The average molecular weight is 638 g/mol. The molecule has 2 aromatic carbocycles. The molecule has 3 aromatic rings. The quantitative estimate of drug-likeness (QED) is 0.107. The Balaban J connectivity index is 1.47. The number of anilines is 1. The Hall–Kier alpha value is -3.50. The van der Waals surface area contributed by atoms with E-state index >= 15 is 0 Å². The molecule has 0 amide bonds. The molecule has 0 spiro atoms. The molecule has 5 rings (SSSR count). The molecular formula is C31H32Cl2F2N2O6. The molecule has 0 bridgehead atoms. The van der Waals surface area contributed by atoms with E-state index in [0.717, 1.165) is 37.5 Å². The summed E-state index contributed by atoms with van der Waals surface area (Å²) in [5.41, 5.74) is 1.85. The van der Waals surface area contributed by atoms with Crippen molar-refractivity contribution in [3.8, 4) is 17.2 Å². The molecule has 1 unspecified atom stereocenters. The fraction of sp³-hybridized carbons (Fsp3) is 0.419. The lowest BCUT2D eigenvalue weighted by molar-refractivity contribution is -0.605. The van der Waals surface area contributed by atoms with Gasteiger partial charge in [-0.1, -0.05) is 29.3 Å². The average Bonchev–Trinajstić information content (AvgIpc) is 3.90. The number of hydrogen-bond acceptors (Lipinski definition) is 7. The lowest BCUT2D eigenvalue weighted by Crippen LogP contribution is -2.25. The number of ether oxygens (including phenoxy) is 4. The molecule has 2 aliphatic rings. The molecule has 1 heterocycles. The summed E-state index contributed by atoms with van der Waals surface area (Å²) in [6.45, 7) is -1.87. The zero-order valence-electron chi connectivity index (χ0n) is 23.7. The molecule has 1 atom stereocenters. The van der Waals surface area contributed by atoms with Gasteiger partial charge in [0, 0.05) is 25.6 Å². The van der Waals surface area contributed by atoms with Crippen LogP contribution in [0, 0.1) is 17.0 Å². The Kier molecular flexibility index (Phi) is 9.66. The van der Waals surface area contributed by atoms with E-state index < -0.39 is 18.7 Å². The molecule has 2 aliphatic carbocycles. The predicted octanol–water partition coefficient (Wildman–Crippen LogP) is 7.01. The van der Waals surface area contributed by atoms with Crippen LogP contribution in [0.25, 0.3) is 0 Å². The van der Waals surface area contributed by atoms with Gasteiger partial charge in [-0.15, -0.1) is 0 Å². The smallest absolute Gasteiger partial charge is 0.387 e. The van der Waals surface area contributed by atoms with Gasteiger partial charge in [-0.2, -0.15) is 13.5 Å². The number of esters is 1. The first-order chi connectivity index (χ1) is 20.6. The lowest BCUT2D eigenvalue weighted by Gasteiger charge is -2.23. The number of pyridine rings is 1. The van der Waals surface area contributed by atoms with E-state index in [-0.39, 0.29) is 33.5 Å². The van der Waals surface area contributed by atoms with Gasteiger partial charge in [-0.25, -0.2) is 4.79 Å². The molecule has 230 valence electrons. The van der Waals surface area contributed by atoms with E-state index in [0.29, 0.717) is 40.0 Å². The summed E-state index contributed by atoms with van der Waals surface area (Å²) in [5.74, 6) is 0.908. The van der Waals surface area contributed by atoms with Crippen LogP contribution in [0.3, 0.4) is 0 Å². The number of rotatable bonds is 14. The van der Waals surface area contributed by atoms with Gasteiger partial charge in [0.1, 0.15) is 21.9 Å².